The van der Waals surface area contributed by atoms with Crippen LogP contribution in [0.5, 0.6) is 5.75 Å². The molecule has 6 heteroatoms. The van der Waals surface area contributed by atoms with E-state index in [0.717, 1.165) is 64.0 Å². The average Bonchev–Trinajstić information content (AvgIpc) is 3.21. The molecule has 1 unspecified atom stereocenters. The van der Waals surface area contributed by atoms with Crippen LogP contribution in [0.25, 0.3) is 0 Å². The van der Waals surface area contributed by atoms with Crippen molar-refractivity contribution in [3.8, 4) is 5.75 Å². The lowest BCUT2D eigenvalue weighted by molar-refractivity contribution is 0.106. The van der Waals surface area contributed by atoms with Gasteiger partial charge in [-0.15, -0.1) is 0 Å². The number of hydrogen-bond acceptors (Lipinski definition) is 4. The van der Waals surface area contributed by atoms with Crippen molar-refractivity contribution in [3.63, 3.8) is 0 Å². The van der Waals surface area contributed by atoms with E-state index in [-0.39, 0.29) is 0 Å². The molecule has 2 fully saturated rings. The Bertz CT molecular complexity index is 579. The number of benzene rings is 1. The lowest BCUT2D eigenvalue weighted by atomic mass is 10.2. The zero-order valence-corrected chi connectivity index (χ0v) is 16.1. The summed E-state index contributed by atoms with van der Waals surface area (Å²) in [5.74, 6) is 1.98. The molecule has 0 amide bonds. The van der Waals surface area contributed by atoms with Crippen LogP contribution in [0.15, 0.2) is 29.3 Å². The molecule has 0 radical (unpaired) electrons. The van der Waals surface area contributed by atoms with Gasteiger partial charge in [-0.1, -0.05) is 12.1 Å². The monoisotopic (exact) mass is 360 g/mol. The van der Waals surface area contributed by atoms with Crippen LogP contribution in [-0.4, -0.2) is 69.9 Å². The van der Waals surface area contributed by atoms with Crippen molar-refractivity contribution in [2.24, 2.45) is 4.99 Å². The minimum absolute atomic E-state index is 0.406. The normalized spacial score (nSPS) is 21.2. The Labute approximate surface area is 157 Å². The van der Waals surface area contributed by atoms with Gasteiger partial charge >= 0.3 is 0 Å². The summed E-state index contributed by atoms with van der Waals surface area (Å²) in [4.78, 5) is 9.60. The maximum absolute atomic E-state index is 5.70. The molecule has 0 aromatic heterocycles. The zero-order chi connectivity index (χ0) is 18.2. The van der Waals surface area contributed by atoms with Crippen molar-refractivity contribution in [1.29, 1.82) is 0 Å². The summed E-state index contributed by atoms with van der Waals surface area (Å²) in [5, 5.41) is 3.45. The summed E-state index contributed by atoms with van der Waals surface area (Å²) in [7, 11) is 1.74. The maximum atomic E-state index is 5.70. The van der Waals surface area contributed by atoms with Crippen LogP contribution in [-0.2, 0) is 4.74 Å². The van der Waals surface area contributed by atoms with Crippen molar-refractivity contribution in [2.75, 3.05) is 57.9 Å². The molecule has 26 heavy (non-hydrogen) atoms. The topological polar surface area (TPSA) is 49.3 Å². The molecule has 2 heterocycles. The molecular weight excluding hydrogens is 328 g/mol. The second-order valence-electron chi connectivity index (χ2n) is 6.81. The van der Waals surface area contributed by atoms with E-state index in [1.165, 1.54) is 18.5 Å². The number of nitrogens with zero attached hydrogens (tertiary/aromatic N) is 3. The Kier molecular flexibility index (Phi) is 7.00. The number of aliphatic imine (C=N–C) groups is 1. The Morgan fingerprint density at radius 1 is 1.27 bits per heavy atom. The van der Waals surface area contributed by atoms with Gasteiger partial charge in [0.25, 0.3) is 0 Å². The summed E-state index contributed by atoms with van der Waals surface area (Å²) in [6, 6.07) is 8.25. The third kappa shape index (κ3) is 4.81. The van der Waals surface area contributed by atoms with E-state index in [2.05, 4.69) is 34.2 Å². The van der Waals surface area contributed by atoms with Gasteiger partial charge in [0.1, 0.15) is 5.75 Å². The maximum Gasteiger partial charge on any atom is 0.194 e. The third-order valence-corrected chi connectivity index (χ3v) is 5.08. The number of rotatable bonds is 6. The number of nitrogens with one attached hydrogen (secondary N) is 1. The van der Waals surface area contributed by atoms with Gasteiger partial charge in [-0.2, -0.15) is 0 Å². The fraction of sp³-hybridized carbons (Fsp3) is 0.650. The summed E-state index contributed by atoms with van der Waals surface area (Å²) < 4.78 is 11.2. The summed E-state index contributed by atoms with van der Waals surface area (Å²) in [5.41, 5.74) is 1.18. The number of ether oxygens (including phenoxy) is 2. The largest absolute Gasteiger partial charge is 0.495 e. The van der Waals surface area contributed by atoms with Crippen molar-refractivity contribution < 1.29 is 9.47 Å². The van der Waals surface area contributed by atoms with Gasteiger partial charge in [-0.3, -0.25) is 4.99 Å². The first-order chi connectivity index (χ1) is 12.8. The Hall–Kier alpha value is -1.95. The molecule has 2 aliphatic rings. The lowest BCUT2D eigenvalue weighted by Crippen LogP contribution is -2.52. The number of para-hydroxylation sites is 2. The van der Waals surface area contributed by atoms with Crippen LogP contribution in [0.3, 0.4) is 0 Å². The first-order valence-electron chi connectivity index (χ1n) is 9.84. The number of piperazine rings is 1. The quantitative estimate of drug-likeness (QED) is 0.623. The molecule has 6 nitrogen and oxygen atoms in total. The fourth-order valence-electron chi connectivity index (χ4n) is 3.66. The Morgan fingerprint density at radius 3 is 2.77 bits per heavy atom. The minimum Gasteiger partial charge on any atom is -0.495 e. The van der Waals surface area contributed by atoms with Crippen LogP contribution in [0.1, 0.15) is 26.2 Å². The van der Waals surface area contributed by atoms with E-state index >= 15 is 0 Å². The first-order valence-corrected chi connectivity index (χ1v) is 9.84. The molecule has 0 aliphatic carbocycles. The van der Waals surface area contributed by atoms with Crippen molar-refractivity contribution >= 4 is 11.6 Å². The number of anilines is 1. The molecule has 3 rings (SSSR count). The summed E-state index contributed by atoms with van der Waals surface area (Å²) in [6.45, 7) is 8.63. The molecular formula is C20H32N4O2. The molecule has 2 saturated heterocycles. The number of methoxy groups -OCH3 is 1. The van der Waals surface area contributed by atoms with Crippen molar-refractivity contribution in [1.82, 2.24) is 10.2 Å². The van der Waals surface area contributed by atoms with E-state index < -0.39 is 0 Å². The van der Waals surface area contributed by atoms with E-state index in [0.29, 0.717) is 6.10 Å². The highest BCUT2D eigenvalue weighted by atomic mass is 16.5. The van der Waals surface area contributed by atoms with Crippen LogP contribution in [0, 0.1) is 0 Å². The van der Waals surface area contributed by atoms with Crippen LogP contribution in [0.2, 0.25) is 0 Å². The highest BCUT2D eigenvalue weighted by Crippen LogP contribution is 2.28. The van der Waals surface area contributed by atoms with Gasteiger partial charge in [0.15, 0.2) is 5.96 Å². The average molecular weight is 361 g/mol. The summed E-state index contributed by atoms with van der Waals surface area (Å²) >= 11 is 0. The minimum atomic E-state index is 0.406. The van der Waals surface area contributed by atoms with Crippen LogP contribution in [0.4, 0.5) is 5.69 Å². The lowest BCUT2D eigenvalue weighted by Gasteiger charge is -2.38. The van der Waals surface area contributed by atoms with Crippen LogP contribution >= 0.6 is 0 Å². The number of guanidine groups is 1. The predicted molar refractivity (Wildman–Crippen MR) is 106 cm³/mol. The second-order valence-corrected chi connectivity index (χ2v) is 6.81. The zero-order valence-electron chi connectivity index (χ0n) is 16.1. The highest BCUT2D eigenvalue weighted by Gasteiger charge is 2.22. The molecule has 1 aromatic carbocycles. The second kappa shape index (κ2) is 9.67. The van der Waals surface area contributed by atoms with Gasteiger partial charge in [0, 0.05) is 45.9 Å². The first kappa shape index (κ1) is 18.8. The van der Waals surface area contributed by atoms with Gasteiger partial charge in [0.05, 0.1) is 18.9 Å². The molecule has 0 spiro atoms. The third-order valence-electron chi connectivity index (χ3n) is 5.08. The van der Waals surface area contributed by atoms with Gasteiger partial charge in [-0.05, 0) is 38.3 Å². The molecule has 1 N–H and O–H groups in total. The molecule has 1 aromatic rings. The highest BCUT2D eigenvalue weighted by molar-refractivity contribution is 5.80. The Balaban J connectivity index is 1.55. The molecule has 0 saturated carbocycles. The molecule has 144 valence electrons. The smallest absolute Gasteiger partial charge is 0.194 e. The molecule has 2 aliphatic heterocycles. The molecule has 1 atom stereocenters. The van der Waals surface area contributed by atoms with E-state index in [9.17, 15) is 0 Å². The van der Waals surface area contributed by atoms with Gasteiger partial charge in [0.2, 0.25) is 0 Å². The fourth-order valence-corrected chi connectivity index (χ4v) is 3.66. The standard InChI is InChI=1S/C20H32N4O2/c1-3-21-20(22-11-10-17-7-6-16-26-17)24-14-12-23(13-15-24)18-8-4-5-9-19(18)25-2/h4-5,8-9,17H,3,6-7,10-16H2,1-2H3,(H,21,22). The summed E-state index contributed by atoms with van der Waals surface area (Å²) in [6.07, 6.45) is 3.81. The van der Waals surface area contributed by atoms with Crippen molar-refractivity contribution in [3.05, 3.63) is 24.3 Å². The van der Waals surface area contributed by atoms with Crippen LogP contribution < -0.4 is 15.0 Å². The number of hydrogen-bond donors (Lipinski definition) is 1. The predicted octanol–water partition coefficient (Wildman–Crippen LogP) is 2.35. The molecule has 0 bridgehead atoms. The van der Waals surface area contributed by atoms with Gasteiger partial charge < -0.3 is 24.6 Å². The van der Waals surface area contributed by atoms with Crippen molar-refractivity contribution in [2.45, 2.75) is 32.3 Å². The van der Waals surface area contributed by atoms with E-state index in [1.807, 2.05) is 12.1 Å². The van der Waals surface area contributed by atoms with Gasteiger partial charge in [-0.25, -0.2) is 0 Å². The van der Waals surface area contributed by atoms with E-state index in [1.54, 1.807) is 7.11 Å². The Morgan fingerprint density at radius 2 is 2.08 bits per heavy atom. The van der Waals surface area contributed by atoms with E-state index in [4.69, 9.17) is 14.5 Å². The SMILES string of the molecule is CCNC(=NCCC1CCCO1)N1CCN(c2ccccc2OC)CC1.